The van der Waals surface area contributed by atoms with Crippen molar-refractivity contribution < 1.29 is 4.79 Å². The van der Waals surface area contributed by atoms with E-state index in [0.29, 0.717) is 6.54 Å². The third-order valence-corrected chi connectivity index (χ3v) is 1.74. The predicted molar refractivity (Wildman–Crippen MR) is 56.1 cm³/mol. The third-order valence-electron chi connectivity index (χ3n) is 1.74. The summed E-state index contributed by atoms with van der Waals surface area (Å²) in [6.07, 6.45) is 1.98. The molecule has 0 saturated heterocycles. The van der Waals surface area contributed by atoms with E-state index in [-0.39, 0.29) is 5.91 Å². The topological polar surface area (TPSA) is 41.5 Å². The molecule has 13 heavy (non-hydrogen) atoms. The maximum absolute atomic E-state index is 10.7. The van der Waals surface area contributed by atoms with E-state index >= 15 is 0 Å². The fraction of sp³-hybridized carbons (Fsp3) is 0.600. The normalized spacial score (nSPS) is 12.9. The first kappa shape index (κ1) is 11.9. The number of aliphatic imine (C=N–C) groups is 1. The van der Waals surface area contributed by atoms with Crippen molar-refractivity contribution in [1.82, 2.24) is 5.32 Å². The average molecular weight is 182 g/mol. The van der Waals surface area contributed by atoms with E-state index < -0.39 is 0 Å². The second-order valence-corrected chi connectivity index (χ2v) is 2.78. The number of rotatable bonds is 4. The van der Waals surface area contributed by atoms with Crippen molar-refractivity contribution in [2.45, 2.75) is 27.7 Å². The summed E-state index contributed by atoms with van der Waals surface area (Å²) >= 11 is 0. The number of carbonyl (C=O) groups excluding carboxylic acids is 1. The van der Waals surface area contributed by atoms with Crippen LogP contribution in [-0.2, 0) is 4.79 Å². The summed E-state index contributed by atoms with van der Waals surface area (Å²) < 4.78 is 0. The Labute approximate surface area is 79.9 Å². The van der Waals surface area contributed by atoms with Gasteiger partial charge in [0.15, 0.2) is 0 Å². The molecule has 0 spiro atoms. The lowest BCUT2D eigenvalue weighted by Gasteiger charge is -2.06. The molecule has 0 aromatic carbocycles. The van der Waals surface area contributed by atoms with Crippen LogP contribution in [0.3, 0.4) is 0 Å². The van der Waals surface area contributed by atoms with Gasteiger partial charge in [0.2, 0.25) is 5.91 Å². The molecule has 0 rings (SSSR count). The summed E-state index contributed by atoms with van der Waals surface area (Å²) in [4.78, 5) is 14.9. The van der Waals surface area contributed by atoms with Gasteiger partial charge in [0, 0.05) is 25.7 Å². The summed E-state index contributed by atoms with van der Waals surface area (Å²) in [6.45, 7) is 8.77. The molecule has 0 unspecified atom stereocenters. The zero-order valence-electron chi connectivity index (χ0n) is 8.85. The first-order valence-corrected chi connectivity index (χ1v) is 4.52. The molecule has 1 N–H and O–H groups in total. The van der Waals surface area contributed by atoms with Crippen molar-refractivity contribution in [2.24, 2.45) is 4.99 Å². The van der Waals surface area contributed by atoms with Gasteiger partial charge >= 0.3 is 0 Å². The van der Waals surface area contributed by atoms with Crippen LogP contribution in [0.25, 0.3) is 0 Å². The molecule has 3 nitrogen and oxygen atoms in total. The van der Waals surface area contributed by atoms with Gasteiger partial charge in [-0.25, -0.2) is 0 Å². The fourth-order valence-electron chi connectivity index (χ4n) is 0.997. The molecule has 0 heterocycles. The smallest absolute Gasteiger partial charge is 0.217 e. The Morgan fingerprint density at radius 3 is 2.46 bits per heavy atom. The van der Waals surface area contributed by atoms with Gasteiger partial charge in [0.1, 0.15) is 0 Å². The third kappa shape index (κ3) is 5.17. The number of allylic oxidation sites excluding steroid dienone is 1. The van der Waals surface area contributed by atoms with Gasteiger partial charge in [-0.1, -0.05) is 6.08 Å². The zero-order chi connectivity index (χ0) is 10.3. The van der Waals surface area contributed by atoms with Crippen molar-refractivity contribution in [3.8, 4) is 0 Å². The number of nitrogens with one attached hydrogen (secondary N) is 1. The fourth-order valence-corrected chi connectivity index (χ4v) is 0.997. The van der Waals surface area contributed by atoms with Crippen molar-refractivity contribution >= 4 is 11.6 Å². The van der Waals surface area contributed by atoms with Crippen molar-refractivity contribution in [1.29, 1.82) is 0 Å². The Morgan fingerprint density at radius 1 is 1.46 bits per heavy atom. The predicted octanol–water partition coefficient (Wildman–Crippen LogP) is 1.55. The summed E-state index contributed by atoms with van der Waals surface area (Å²) in [7, 11) is 0. The van der Waals surface area contributed by atoms with Crippen molar-refractivity contribution in [3.05, 3.63) is 11.6 Å². The quantitative estimate of drug-likeness (QED) is 0.658. The first-order valence-electron chi connectivity index (χ1n) is 4.52. The largest absolute Gasteiger partial charge is 0.352 e. The lowest BCUT2D eigenvalue weighted by Crippen LogP contribution is -2.24. The molecule has 1 amide bonds. The Bertz CT molecular complexity index is 229. The van der Waals surface area contributed by atoms with Crippen LogP contribution in [0.2, 0.25) is 0 Å². The Balaban J connectivity index is 4.20. The van der Waals surface area contributed by atoms with Crippen LogP contribution in [0.5, 0.6) is 0 Å². The highest BCUT2D eigenvalue weighted by molar-refractivity contribution is 5.98. The van der Waals surface area contributed by atoms with Crippen LogP contribution in [0, 0.1) is 0 Å². The second kappa shape index (κ2) is 6.40. The molecule has 0 aromatic rings. The summed E-state index contributed by atoms with van der Waals surface area (Å²) in [5.41, 5.74) is 2.08. The summed E-state index contributed by atoms with van der Waals surface area (Å²) in [5.74, 6) is -0.0105. The maximum atomic E-state index is 10.7. The van der Waals surface area contributed by atoms with Gasteiger partial charge in [-0.2, -0.15) is 0 Å². The molecule has 0 bridgehead atoms. The minimum atomic E-state index is -0.0105. The van der Waals surface area contributed by atoms with E-state index in [1.807, 2.05) is 26.8 Å². The summed E-state index contributed by atoms with van der Waals surface area (Å²) in [5, 5.41) is 2.75. The highest BCUT2D eigenvalue weighted by Crippen LogP contribution is 1.96. The monoisotopic (exact) mass is 182 g/mol. The molecular formula is C10H18N2O. The molecule has 74 valence electrons. The molecule has 0 fully saturated rings. The average Bonchev–Trinajstić information content (AvgIpc) is 2.05. The van der Waals surface area contributed by atoms with E-state index in [2.05, 4.69) is 10.3 Å². The van der Waals surface area contributed by atoms with Gasteiger partial charge in [0.25, 0.3) is 0 Å². The molecule has 0 aliphatic heterocycles. The molecule has 0 saturated carbocycles. The lowest BCUT2D eigenvalue weighted by molar-refractivity contribution is -0.118. The van der Waals surface area contributed by atoms with E-state index in [1.54, 1.807) is 0 Å². The Hall–Kier alpha value is -1.12. The van der Waals surface area contributed by atoms with E-state index in [4.69, 9.17) is 0 Å². The van der Waals surface area contributed by atoms with E-state index in [1.165, 1.54) is 6.92 Å². The molecule has 0 atom stereocenters. The summed E-state index contributed by atoms with van der Waals surface area (Å²) in [6, 6.07) is 0. The maximum Gasteiger partial charge on any atom is 0.217 e. The van der Waals surface area contributed by atoms with Crippen LogP contribution in [0.4, 0.5) is 0 Å². The SMILES string of the molecule is C/C=C(/CNC(C)=O)C(C)=NCC. The standard InChI is InChI=1S/C10H18N2O/c1-5-10(7-12-9(4)13)8(3)11-6-2/h5H,6-7H2,1-4H3,(H,12,13)/b10-5-,11-8?. The molecular weight excluding hydrogens is 164 g/mol. The molecule has 0 aliphatic rings. The second-order valence-electron chi connectivity index (χ2n) is 2.78. The molecule has 0 radical (unpaired) electrons. The van der Waals surface area contributed by atoms with Gasteiger partial charge in [-0.3, -0.25) is 9.79 Å². The highest BCUT2D eigenvalue weighted by Gasteiger charge is 2.00. The van der Waals surface area contributed by atoms with Crippen LogP contribution in [0.15, 0.2) is 16.6 Å². The van der Waals surface area contributed by atoms with Crippen molar-refractivity contribution in [2.75, 3.05) is 13.1 Å². The number of hydrogen-bond donors (Lipinski definition) is 1. The minimum absolute atomic E-state index is 0.0105. The van der Waals surface area contributed by atoms with Crippen LogP contribution < -0.4 is 5.32 Å². The number of carbonyl (C=O) groups is 1. The first-order chi connectivity index (χ1) is 6.11. The van der Waals surface area contributed by atoms with Gasteiger partial charge in [-0.15, -0.1) is 0 Å². The van der Waals surface area contributed by atoms with Crippen LogP contribution in [0.1, 0.15) is 27.7 Å². The number of nitrogens with zero attached hydrogens (tertiary/aromatic N) is 1. The molecule has 0 aliphatic carbocycles. The van der Waals surface area contributed by atoms with Crippen molar-refractivity contribution in [3.63, 3.8) is 0 Å². The van der Waals surface area contributed by atoms with E-state index in [9.17, 15) is 4.79 Å². The highest BCUT2D eigenvalue weighted by atomic mass is 16.1. The van der Waals surface area contributed by atoms with Crippen LogP contribution in [-0.4, -0.2) is 24.7 Å². The van der Waals surface area contributed by atoms with Gasteiger partial charge < -0.3 is 5.32 Å². The zero-order valence-corrected chi connectivity index (χ0v) is 8.85. The van der Waals surface area contributed by atoms with Gasteiger partial charge in [0.05, 0.1) is 0 Å². The number of hydrogen-bond acceptors (Lipinski definition) is 2. The number of amides is 1. The van der Waals surface area contributed by atoms with Gasteiger partial charge in [-0.05, 0) is 26.3 Å². The Kier molecular flexibility index (Phi) is 5.85. The van der Waals surface area contributed by atoms with E-state index in [0.717, 1.165) is 17.8 Å². The van der Waals surface area contributed by atoms with Crippen LogP contribution >= 0.6 is 0 Å². The Morgan fingerprint density at radius 2 is 2.08 bits per heavy atom. The lowest BCUT2D eigenvalue weighted by atomic mass is 10.1. The molecule has 0 aromatic heterocycles. The molecule has 3 heteroatoms. The minimum Gasteiger partial charge on any atom is -0.352 e.